The molecule has 6 nitrogen and oxygen atoms in total. The summed E-state index contributed by atoms with van der Waals surface area (Å²) >= 11 is 5.84. The predicted octanol–water partition coefficient (Wildman–Crippen LogP) is 3.62. The Morgan fingerprint density at radius 3 is 2.57 bits per heavy atom. The van der Waals surface area contributed by atoms with Crippen LogP contribution in [0.1, 0.15) is 24.1 Å². The monoisotopic (exact) mass is 547 g/mol. The van der Waals surface area contributed by atoms with E-state index in [-0.39, 0.29) is 35.8 Å². The Labute approximate surface area is 199 Å². The maximum absolute atomic E-state index is 13.4. The van der Waals surface area contributed by atoms with Gasteiger partial charge in [0.2, 0.25) is 0 Å². The zero-order valence-corrected chi connectivity index (χ0v) is 20.1. The van der Waals surface area contributed by atoms with Crippen molar-refractivity contribution in [3.63, 3.8) is 0 Å². The molecule has 0 bridgehead atoms. The van der Waals surface area contributed by atoms with Crippen molar-refractivity contribution in [2.24, 2.45) is 4.99 Å². The number of guanidine groups is 1. The molecule has 2 N–H and O–H groups in total. The fraction of sp³-hybridized carbons (Fsp3) is 0.429. The molecule has 0 aliphatic carbocycles. The van der Waals surface area contributed by atoms with Gasteiger partial charge in [-0.2, -0.15) is 0 Å². The van der Waals surface area contributed by atoms with E-state index >= 15 is 0 Å². The van der Waals surface area contributed by atoms with Gasteiger partial charge in [-0.3, -0.25) is 4.90 Å². The highest BCUT2D eigenvalue weighted by atomic mass is 127. The lowest BCUT2D eigenvalue weighted by Gasteiger charge is -2.35. The topological polar surface area (TPSA) is 61.8 Å². The molecule has 1 unspecified atom stereocenters. The molecular formula is C21H28ClFIN5O. The van der Waals surface area contributed by atoms with Gasteiger partial charge in [0.25, 0.3) is 0 Å². The molecule has 0 radical (unpaired) electrons. The standard InChI is InChI=1S/C21H27ClFN5O.HI/c1-2-24-21(26-14-16-3-8-20(22)25-13-16)27-15-19(28-9-11-29-12-10-28)17-4-6-18(23)7-5-17;/h3-8,13,19H,2,9-12,14-15H2,1H3,(H2,24,26,27);1H. The number of hydrogen-bond acceptors (Lipinski definition) is 4. The summed E-state index contributed by atoms with van der Waals surface area (Å²) < 4.78 is 18.9. The number of aliphatic imine (C=N–C) groups is 1. The highest BCUT2D eigenvalue weighted by Gasteiger charge is 2.23. The molecule has 0 saturated carbocycles. The molecule has 9 heteroatoms. The van der Waals surface area contributed by atoms with E-state index < -0.39 is 0 Å². The summed E-state index contributed by atoms with van der Waals surface area (Å²) in [6, 6.07) is 10.5. The second-order valence-electron chi connectivity index (χ2n) is 6.78. The molecule has 164 valence electrons. The Balaban J connectivity index is 0.00000320. The van der Waals surface area contributed by atoms with Crippen LogP contribution in [-0.4, -0.2) is 55.2 Å². The summed E-state index contributed by atoms with van der Waals surface area (Å²) in [5, 5.41) is 7.17. The van der Waals surface area contributed by atoms with Crippen LogP contribution in [-0.2, 0) is 11.3 Å². The number of morpholine rings is 1. The van der Waals surface area contributed by atoms with Crippen LogP contribution in [0.25, 0.3) is 0 Å². The number of aromatic nitrogens is 1. The third-order valence-corrected chi connectivity index (χ3v) is 4.98. The highest BCUT2D eigenvalue weighted by Crippen LogP contribution is 2.21. The molecular weight excluding hydrogens is 520 g/mol. The van der Waals surface area contributed by atoms with Crippen LogP contribution in [0.4, 0.5) is 4.39 Å². The normalized spacial score (nSPS) is 15.9. The second-order valence-corrected chi connectivity index (χ2v) is 7.17. The van der Waals surface area contributed by atoms with Crippen LogP contribution in [0, 0.1) is 5.82 Å². The van der Waals surface area contributed by atoms with Crippen LogP contribution in [0.15, 0.2) is 47.6 Å². The van der Waals surface area contributed by atoms with Gasteiger partial charge in [-0.05, 0) is 36.2 Å². The average molecular weight is 548 g/mol. The van der Waals surface area contributed by atoms with Crippen molar-refractivity contribution in [2.75, 3.05) is 39.4 Å². The third kappa shape index (κ3) is 7.64. The third-order valence-electron chi connectivity index (χ3n) is 4.76. The summed E-state index contributed by atoms with van der Waals surface area (Å²) in [7, 11) is 0. The smallest absolute Gasteiger partial charge is 0.191 e. The molecule has 1 fully saturated rings. The van der Waals surface area contributed by atoms with Crippen LogP contribution in [0.5, 0.6) is 0 Å². The molecule has 2 heterocycles. The van der Waals surface area contributed by atoms with E-state index in [0.717, 1.165) is 36.7 Å². The second kappa shape index (κ2) is 13.0. The minimum absolute atomic E-state index is 0. The molecule has 1 atom stereocenters. The van der Waals surface area contributed by atoms with Crippen molar-refractivity contribution in [1.82, 2.24) is 20.5 Å². The van der Waals surface area contributed by atoms with Crippen LogP contribution in [0.2, 0.25) is 5.15 Å². The molecule has 0 spiro atoms. The highest BCUT2D eigenvalue weighted by molar-refractivity contribution is 14.0. The fourth-order valence-electron chi connectivity index (χ4n) is 3.24. The summed E-state index contributed by atoms with van der Waals surface area (Å²) in [6.45, 7) is 7.02. The first-order chi connectivity index (χ1) is 14.2. The van der Waals surface area contributed by atoms with Crippen molar-refractivity contribution in [1.29, 1.82) is 0 Å². The number of ether oxygens (including phenoxy) is 1. The Hall–Kier alpha value is -1.49. The lowest BCUT2D eigenvalue weighted by Crippen LogP contribution is -2.46. The fourth-order valence-corrected chi connectivity index (χ4v) is 3.35. The molecule has 1 saturated heterocycles. The molecule has 2 aromatic rings. The van der Waals surface area contributed by atoms with Gasteiger partial charge in [-0.15, -0.1) is 24.0 Å². The summed E-state index contributed by atoms with van der Waals surface area (Å²) in [5.41, 5.74) is 2.05. The van der Waals surface area contributed by atoms with Crippen molar-refractivity contribution in [3.8, 4) is 0 Å². The molecule has 0 amide bonds. The maximum atomic E-state index is 13.4. The molecule has 1 aliphatic rings. The Bertz CT molecular complexity index is 785. The van der Waals surface area contributed by atoms with E-state index in [0.29, 0.717) is 31.5 Å². The number of rotatable bonds is 7. The maximum Gasteiger partial charge on any atom is 0.191 e. The van der Waals surface area contributed by atoms with Gasteiger partial charge >= 0.3 is 0 Å². The van der Waals surface area contributed by atoms with E-state index in [1.54, 1.807) is 12.3 Å². The summed E-state index contributed by atoms with van der Waals surface area (Å²) in [6.07, 6.45) is 1.73. The van der Waals surface area contributed by atoms with Gasteiger partial charge < -0.3 is 15.4 Å². The van der Waals surface area contributed by atoms with Gasteiger partial charge in [0.15, 0.2) is 5.96 Å². The van der Waals surface area contributed by atoms with Crippen molar-refractivity contribution >= 4 is 41.5 Å². The zero-order valence-electron chi connectivity index (χ0n) is 17.0. The van der Waals surface area contributed by atoms with Crippen molar-refractivity contribution in [3.05, 3.63) is 64.7 Å². The number of benzene rings is 1. The van der Waals surface area contributed by atoms with Gasteiger partial charge in [0.05, 0.1) is 25.8 Å². The van der Waals surface area contributed by atoms with Crippen LogP contribution < -0.4 is 10.6 Å². The Morgan fingerprint density at radius 2 is 1.93 bits per heavy atom. The minimum atomic E-state index is -0.228. The summed E-state index contributed by atoms with van der Waals surface area (Å²) in [4.78, 5) is 11.1. The molecule has 30 heavy (non-hydrogen) atoms. The molecule has 3 rings (SSSR count). The van der Waals surface area contributed by atoms with Crippen molar-refractivity contribution < 1.29 is 9.13 Å². The number of nitrogens with one attached hydrogen (secondary N) is 2. The molecule has 1 aliphatic heterocycles. The lowest BCUT2D eigenvalue weighted by atomic mass is 10.0. The Kier molecular flexibility index (Phi) is 10.8. The van der Waals surface area contributed by atoms with E-state index in [1.165, 1.54) is 12.1 Å². The predicted molar refractivity (Wildman–Crippen MR) is 129 cm³/mol. The quantitative estimate of drug-likeness (QED) is 0.240. The van der Waals surface area contributed by atoms with Gasteiger partial charge in [0, 0.05) is 32.4 Å². The number of hydrogen-bond donors (Lipinski definition) is 2. The number of halogens is 3. The Morgan fingerprint density at radius 1 is 1.20 bits per heavy atom. The van der Waals surface area contributed by atoms with Crippen molar-refractivity contribution in [2.45, 2.75) is 19.5 Å². The van der Waals surface area contributed by atoms with Gasteiger partial charge in [0.1, 0.15) is 11.0 Å². The lowest BCUT2D eigenvalue weighted by molar-refractivity contribution is 0.0170. The first-order valence-electron chi connectivity index (χ1n) is 9.85. The summed E-state index contributed by atoms with van der Waals surface area (Å²) in [5.74, 6) is 0.497. The first kappa shape index (κ1) is 24.8. The molecule has 1 aromatic carbocycles. The largest absolute Gasteiger partial charge is 0.379 e. The van der Waals surface area contributed by atoms with E-state index in [1.807, 2.05) is 25.1 Å². The number of nitrogens with zero attached hydrogens (tertiary/aromatic N) is 3. The van der Waals surface area contributed by atoms with E-state index in [2.05, 4.69) is 25.5 Å². The van der Waals surface area contributed by atoms with Gasteiger partial charge in [-0.1, -0.05) is 29.8 Å². The first-order valence-corrected chi connectivity index (χ1v) is 10.2. The number of pyridine rings is 1. The van der Waals surface area contributed by atoms with E-state index in [9.17, 15) is 4.39 Å². The molecule has 1 aromatic heterocycles. The van der Waals surface area contributed by atoms with Crippen LogP contribution in [0.3, 0.4) is 0 Å². The SMILES string of the molecule is CCNC(=NCc1ccc(Cl)nc1)NCC(c1ccc(F)cc1)N1CCOCC1.I. The average Bonchev–Trinajstić information content (AvgIpc) is 2.75. The van der Waals surface area contributed by atoms with Crippen LogP contribution >= 0.6 is 35.6 Å². The zero-order chi connectivity index (χ0) is 20.5. The van der Waals surface area contributed by atoms with Gasteiger partial charge in [-0.25, -0.2) is 14.4 Å². The minimum Gasteiger partial charge on any atom is -0.379 e. The van der Waals surface area contributed by atoms with E-state index in [4.69, 9.17) is 16.3 Å².